The molecule has 0 spiro atoms. The van der Waals surface area contributed by atoms with Gasteiger partial charge in [-0.25, -0.2) is 0 Å². The molecule has 2 rings (SSSR count). The summed E-state index contributed by atoms with van der Waals surface area (Å²) < 4.78 is 5.42. The molecule has 0 saturated heterocycles. The molecular formula is C14H17NO3. The van der Waals surface area contributed by atoms with Gasteiger partial charge in [0, 0.05) is 11.9 Å². The van der Waals surface area contributed by atoms with E-state index in [1.165, 1.54) is 0 Å². The zero-order chi connectivity index (χ0) is 13.2. The van der Waals surface area contributed by atoms with Crippen LogP contribution in [0.2, 0.25) is 0 Å². The molecule has 1 heterocycles. The van der Waals surface area contributed by atoms with Gasteiger partial charge >= 0.3 is 5.97 Å². The second-order valence-electron chi connectivity index (χ2n) is 5.23. The number of nitrogens with one attached hydrogen (secondary N) is 1. The molecule has 4 nitrogen and oxygen atoms in total. The molecule has 0 aliphatic heterocycles. The molecule has 0 radical (unpaired) electrons. The summed E-state index contributed by atoms with van der Waals surface area (Å²) in [5, 5.41) is 13.1. The second-order valence-corrected chi connectivity index (χ2v) is 5.23. The minimum absolute atomic E-state index is 0.135. The quantitative estimate of drug-likeness (QED) is 0.850. The Hall–Kier alpha value is -1.97. The third-order valence-corrected chi connectivity index (χ3v) is 2.87. The van der Waals surface area contributed by atoms with E-state index in [1.807, 2.05) is 38.1 Å². The lowest BCUT2D eigenvalue weighted by molar-refractivity contribution is -0.139. The van der Waals surface area contributed by atoms with Crippen molar-refractivity contribution >= 4 is 22.6 Å². The van der Waals surface area contributed by atoms with Crippen molar-refractivity contribution in [3.05, 3.63) is 30.5 Å². The zero-order valence-corrected chi connectivity index (χ0v) is 10.6. The number of fused-ring (bicyclic) bond motifs is 1. The summed E-state index contributed by atoms with van der Waals surface area (Å²) in [5.41, 5.74) is 1.43. The van der Waals surface area contributed by atoms with Crippen molar-refractivity contribution in [2.75, 3.05) is 11.9 Å². The van der Waals surface area contributed by atoms with Gasteiger partial charge < -0.3 is 14.8 Å². The second kappa shape index (κ2) is 4.72. The van der Waals surface area contributed by atoms with Crippen LogP contribution in [0.15, 0.2) is 34.9 Å². The molecule has 0 atom stereocenters. The van der Waals surface area contributed by atoms with E-state index in [2.05, 4.69) is 5.32 Å². The highest BCUT2D eigenvalue weighted by Crippen LogP contribution is 2.27. The number of anilines is 1. The molecule has 4 heteroatoms. The summed E-state index contributed by atoms with van der Waals surface area (Å²) in [7, 11) is 0. The Morgan fingerprint density at radius 1 is 1.39 bits per heavy atom. The number of hydrogen-bond acceptors (Lipinski definition) is 3. The van der Waals surface area contributed by atoms with Crippen molar-refractivity contribution in [1.29, 1.82) is 0 Å². The molecule has 1 aromatic heterocycles. The van der Waals surface area contributed by atoms with Crippen LogP contribution in [-0.2, 0) is 4.79 Å². The molecule has 0 unspecified atom stereocenters. The summed E-state index contributed by atoms with van der Waals surface area (Å²) in [6.07, 6.45) is 1.80. The van der Waals surface area contributed by atoms with E-state index in [-0.39, 0.29) is 11.8 Å². The van der Waals surface area contributed by atoms with E-state index in [4.69, 9.17) is 9.52 Å². The van der Waals surface area contributed by atoms with Crippen molar-refractivity contribution in [2.45, 2.75) is 20.3 Å². The first-order valence-electron chi connectivity index (χ1n) is 5.90. The normalized spacial score (nSPS) is 11.7. The third-order valence-electron chi connectivity index (χ3n) is 2.87. The van der Waals surface area contributed by atoms with Crippen LogP contribution in [0.25, 0.3) is 11.0 Å². The maximum absolute atomic E-state index is 10.7. The van der Waals surface area contributed by atoms with Gasteiger partial charge in [0.15, 0.2) is 0 Å². The number of carboxylic acid groups (broad SMARTS) is 1. The summed E-state index contributed by atoms with van der Waals surface area (Å²) in [5.74, 6) is -0.779. The number of carboxylic acids is 1. The molecule has 1 aromatic carbocycles. The Morgan fingerprint density at radius 3 is 2.83 bits per heavy atom. The SMILES string of the molecule is CC(C)(CNc1coc2ccccc12)CC(=O)O. The van der Waals surface area contributed by atoms with E-state index < -0.39 is 5.97 Å². The maximum atomic E-state index is 10.7. The number of rotatable bonds is 5. The summed E-state index contributed by atoms with van der Waals surface area (Å²) in [6.45, 7) is 4.44. The van der Waals surface area contributed by atoms with Crippen molar-refractivity contribution in [3.63, 3.8) is 0 Å². The summed E-state index contributed by atoms with van der Waals surface area (Å²) in [4.78, 5) is 10.7. The fraction of sp³-hybridized carbons (Fsp3) is 0.357. The predicted molar refractivity (Wildman–Crippen MR) is 70.7 cm³/mol. The zero-order valence-electron chi connectivity index (χ0n) is 10.6. The Kier molecular flexibility index (Phi) is 3.28. The van der Waals surface area contributed by atoms with E-state index in [9.17, 15) is 4.79 Å². The number of carbonyl (C=O) groups is 1. The highest BCUT2D eigenvalue weighted by molar-refractivity contribution is 5.90. The average Bonchev–Trinajstić information content (AvgIpc) is 2.68. The van der Waals surface area contributed by atoms with Crippen LogP contribution in [0.4, 0.5) is 5.69 Å². The molecule has 0 aliphatic carbocycles. The highest BCUT2D eigenvalue weighted by Gasteiger charge is 2.22. The minimum Gasteiger partial charge on any atom is -0.481 e. The lowest BCUT2D eigenvalue weighted by atomic mass is 9.89. The van der Waals surface area contributed by atoms with Gasteiger partial charge in [0.05, 0.1) is 12.1 Å². The fourth-order valence-electron chi connectivity index (χ4n) is 1.92. The molecule has 96 valence electrons. The molecule has 2 N–H and O–H groups in total. The molecular weight excluding hydrogens is 230 g/mol. The van der Waals surface area contributed by atoms with Gasteiger partial charge in [-0.15, -0.1) is 0 Å². The monoisotopic (exact) mass is 247 g/mol. The Morgan fingerprint density at radius 2 is 2.11 bits per heavy atom. The first-order chi connectivity index (χ1) is 8.48. The molecule has 0 bridgehead atoms. The lowest BCUT2D eigenvalue weighted by Crippen LogP contribution is -2.26. The van der Waals surface area contributed by atoms with Gasteiger partial charge in [0.1, 0.15) is 11.8 Å². The number of para-hydroxylation sites is 1. The van der Waals surface area contributed by atoms with Crippen LogP contribution in [-0.4, -0.2) is 17.6 Å². The van der Waals surface area contributed by atoms with Gasteiger partial charge in [0.2, 0.25) is 0 Å². The van der Waals surface area contributed by atoms with Gasteiger partial charge in [-0.2, -0.15) is 0 Å². The highest BCUT2D eigenvalue weighted by atomic mass is 16.4. The Bertz CT molecular complexity index is 557. The average molecular weight is 247 g/mol. The lowest BCUT2D eigenvalue weighted by Gasteiger charge is -2.22. The fourth-order valence-corrected chi connectivity index (χ4v) is 1.92. The third kappa shape index (κ3) is 2.83. The maximum Gasteiger partial charge on any atom is 0.303 e. The van der Waals surface area contributed by atoms with Crippen LogP contribution in [0.5, 0.6) is 0 Å². The van der Waals surface area contributed by atoms with Gasteiger partial charge in [-0.1, -0.05) is 26.0 Å². The van der Waals surface area contributed by atoms with Crippen LogP contribution < -0.4 is 5.32 Å². The van der Waals surface area contributed by atoms with Crippen LogP contribution in [0.1, 0.15) is 20.3 Å². The van der Waals surface area contributed by atoms with Crippen LogP contribution >= 0.6 is 0 Å². The molecule has 0 fully saturated rings. The van der Waals surface area contributed by atoms with Crippen molar-refractivity contribution in [1.82, 2.24) is 0 Å². The molecule has 18 heavy (non-hydrogen) atoms. The van der Waals surface area contributed by atoms with E-state index in [0.29, 0.717) is 6.54 Å². The minimum atomic E-state index is -0.779. The van der Waals surface area contributed by atoms with Crippen molar-refractivity contribution < 1.29 is 14.3 Å². The smallest absolute Gasteiger partial charge is 0.303 e. The largest absolute Gasteiger partial charge is 0.481 e. The van der Waals surface area contributed by atoms with Crippen LogP contribution in [0.3, 0.4) is 0 Å². The summed E-state index contributed by atoms with van der Waals surface area (Å²) in [6, 6.07) is 7.75. The van der Waals surface area contributed by atoms with Crippen molar-refractivity contribution in [2.24, 2.45) is 5.41 Å². The first kappa shape index (κ1) is 12.5. The Labute approximate surface area is 106 Å². The van der Waals surface area contributed by atoms with E-state index >= 15 is 0 Å². The topological polar surface area (TPSA) is 62.5 Å². The molecule has 0 aliphatic rings. The van der Waals surface area contributed by atoms with Crippen molar-refractivity contribution in [3.8, 4) is 0 Å². The Balaban J connectivity index is 2.08. The summed E-state index contributed by atoms with van der Waals surface area (Å²) >= 11 is 0. The number of benzene rings is 1. The van der Waals surface area contributed by atoms with E-state index in [1.54, 1.807) is 6.26 Å². The molecule has 0 saturated carbocycles. The number of aliphatic carboxylic acids is 1. The number of hydrogen-bond donors (Lipinski definition) is 2. The first-order valence-corrected chi connectivity index (χ1v) is 5.90. The van der Waals surface area contributed by atoms with Gasteiger partial charge in [-0.05, 0) is 17.5 Å². The molecule has 0 amide bonds. The number of furan rings is 1. The van der Waals surface area contributed by atoms with Crippen LogP contribution in [0, 0.1) is 5.41 Å². The van der Waals surface area contributed by atoms with Gasteiger partial charge in [-0.3, -0.25) is 4.79 Å². The standard InChI is InChI=1S/C14H17NO3/c1-14(2,7-13(16)17)9-15-11-8-18-12-6-4-3-5-10(11)12/h3-6,8,15H,7,9H2,1-2H3,(H,16,17). The molecule has 2 aromatic rings. The van der Waals surface area contributed by atoms with Gasteiger partial charge in [0.25, 0.3) is 0 Å². The predicted octanol–water partition coefficient (Wildman–Crippen LogP) is 3.35. The van der Waals surface area contributed by atoms with E-state index in [0.717, 1.165) is 16.7 Å².